The molecule has 1 saturated heterocycles. The highest BCUT2D eigenvalue weighted by molar-refractivity contribution is 7.99. The smallest absolute Gasteiger partial charge is 0.221 e. The van der Waals surface area contributed by atoms with Crippen molar-refractivity contribution in [3.05, 3.63) is 0 Å². The van der Waals surface area contributed by atoms with Crippen LogP contribution in [0.25, 0.3) is 0 Å². The van der Waals surface area contributed by atoms with E-state index in [0.29, 0.717) is 6.54 Å². The Labute approximate surface area is 96.0 Å². The quantitative estimate of drug-likeness (QED) is 0.619. The lowest BCUT2D eigenvalue weighted by molar-refractivity contribution is -0.121. The van der Waals surface area contributed by atoms with Crippen LogP contribution in [0.15, 0.2) is 0 Å². The normalized spacial score (nSPS) is 20.1. The van der Waals surface area contributed by atoms with Crippen molar-refractivity contribution in [1.29, 1.82) is 0 Å². The van der Waals surface area contributed by atoms with Gasteiger partial charge in [0, 0.05) is 50.1 Å². The zero-order chi connectivity index (χ0) is 11.1. The first-order chi connectivity index (χ1) is 7.20. The van der Waals surface area contributed by atoms with Gasteiger partial charge in [0.1, 0.15) is 0 Å². The molecule has 1 aliphatic heterocycles. The molecule has 0 aromatic rings. The fourth-order valence-corrected chi connectivity index (χ4v) is 2.46. The van der Waals surface area contributed by atoms with Gasteiger partial charge in [0.25, 0.3) is 0 Å². The van der Waals surface area contributed by atoms with E-state index >= 15 is 0 Å². The molecule has 0 bridgehead atoms. The van der Waals surface area contributed by atoms with Crippen molar-refractivity contribution in [2.45, 2.75) is 6.92 Å². The van der Waals surface area contributed by atoms with E-state index in [1.165, 1.54) is 24.6 Å². The van der Waals surface area contributed by atoms with Gasteiger partial charge in [-0.15, -0.1) is 0 Å². The molecule has 1 heterocycles. The number of nitrogens with zero attached hydrogens (tertiary/aromatic N) is 1. The van der Waals surface area contributed by atoms with Crippen molar-refractivity contribution in [3.63, 3.8) is 0 Å². The first-order valence-electron chi connectivity index (χ1n) is 5.50. The summed E-state index contributed by atoms with van der Waals surface area (Å²) in [7, 11) is 0. The van der Waals surface area contributed by atoms with Crippen LogP contribution in [0.2, 0.25) is 0 Å². The van der Waals surface area contributed by atoms with Crippen molar-refractivity contribution in [2.75, 3.05) is 44.2 Å². The van der Waals surface area contributed by atoms with Crippen LogP contribution in [0.4, 0.5) is 0 Å². The Balaban J connectivity index is 1.98. The van der Waals surface area contributed by atoms with E-state index in [2.05, 4.69) is 10.2 Å². The van der Waals surface area contributed by atoms with Crippen LogP contribution in [-0.4, -0.2) is 55.0 Å². The van der Waals surface area contributed by atoms with E-state index in [9.17, 15) is 4.79 Å². The molecule has 0 aromatic carbocycles. The van der Waals surface area contributed by atoms with E-state index in [0.717, 1.165) is 13.1 Å². The maximum Gasteiger partial charge on any atom is 0.221 e. The molecular formula is C10H21N3OS. The average molecular weight is 231 g/mol. The molecule has 0 spiro atoms. The lowest BCUT2D eigenvalue weighted by Crippen LogP contribution is -2.39. The van der Waals surface area contributed by atoms with Crippen LogP contribution in [-0.2, 0) is 4.79 Å². The molecule has 5 heteroatoms. The highest BCUT2D eigenvalue weighted by Gasteiger charge is 2.10. The van der Waals surface area contributed by atoms with Gasteiger partial charge in [0.15, 0.2) is 0 Å². The molecule has 0 radical (unpaired) electrons. The van der Waals surface area contributed by atoms with Crippen LogP contribution in [0, 0.1) is 5.92 Å². The van der Waals surface area contributed by atoms with E-state index < -0.39 is 0 Å². The third-order valence-electron chi connectivity index (χ3n) is 2.64. The molecule has 1 unspecified atom stereocenters. The minimum absolute atomic E-state index is 0.0677. The SMILES string of the molecule is CC(CNCCN1CCSCC1)C(N)=O. The Bertz CT molecular complexity index is 195. The minimum atomic E-state index is -0.225. The largest absolute Gasteiger partial charge is 0.369 e. The molecule has 0 aromatic heterocycles. The number of carbonyl (C=O) groups is 1. The van der Waals surface area contributed by atoms with Gasteiger partial charge in [-0.2, -0.15) is 11.8 Å². The number of hydrogen-bond donors (Lipinski definition) is 2. The molecule has 3 N–H and O–H groups in total. The summed E-state index contributed by atoms with van der Waals surface area (Å²) in [6.45, 7) is 6.95. The second-order valence-electron chi connectivity index (χ2n) is 3.96. The zero-order valence-corrected chi connectivity index (χ0v) is 10.2. The standard InChI is InChI=1S/C10H21N3OS/c1-9(10(11)14)8-12-2-3-13-4-6-15-7-5-13/h9,12H,2-8H2,1H3,(H2,11,14). The van der Waals surface area contributed by atoms with Gasteiger partial charge < -0.3 is 16.0 Å². The molecule has 1 fully saturated rings. The fraction of sp³-hybridized carbons (Fsp3) is 0.900. The number of rotatable bonds is 6. The van der Waals surface area contributed by atoms with Gasteiger partial charge in [-0.05, 0) is 0 Å². The first-order valence-corrected chi connectivity index (χ1v) is 6.65. The van der Waals surface area contributed by atoms with Gasteiger partial charge >= 0.3 is 0 Å². The minimum Gasteiger partial charge on any atom is -0.369 e. The van der Waals surface area contributed by atoms with Crippen molar-refractivity contribution in [2.24, 2.45) is 11.7 Å². The summed E-state index contributed by atoms with van der Waals surface area (Å²) in [5, 5.41) is 3.26. The van der Waals surface area contributed by atoms with Crippen LogP contribution in [0.3, 0.4) is 0 Å². The van der Waals surface area contributed by atoms with Crippen LogP contribution >= 0.6 is 11.8 Å². The number of thioether (sulfide) groups is 1. The molecule has 15 heavy (non-hydrogen) atoms. The maximum atomic E-state index is 10.8. The molecule has 0 saturated carbocycles. The number of primary amides is 1. The monoisotopic (exact) mass is 231 g/mol. The molecule has 1 rings (SSSR count). The van der Waals surface area contributed by atoms with Gasteiger partial charge in [0.05, 0.1) is 0 Å². The van der Waals surface area contributed by atoms with Gasteiger partial charge in [-0.3, -0.25) is 4.79 Å². The van der Waals surface area contributed by atoms with E-state index in [1.54, 1.807) is 0 Å². The summed E-state index contributed by atoms with van der Waals surface area (Å²) >= 11 is 2.02. The van der Waals surface area contributed by atoms with E-state index in [-0.39, 0.29) is 11.8 Å². The number of nitrogens with two attached hydrogens (primary N) is 1. The molecule has 88 valence electrons. The third-order valence-corrected chi connectivity index (χ3v) is 3.59. The number of nitrogens with one attached hydrogen (secondary N) is 1. The highest BCUT2D eigenvalue weighted by atomic mass is 32.2. The molecular weight excluding hydrogens is 210 g/mol. The van der Waals surface area contributed by atoms with Crippen LogP contribution in [0.5, 0.6) is 0 Å². The van der Waals surface area contributed by atoms with Crippen molar-refractivity contribution in [3.8, 4) is 0 Å². The lowest BCUT2D eigenvalue weighted by Gasteiger charge is -2.26. The average Bonchev–Trinajstić information content (AvgIpc) is 2.25. The number of amides is 1. The second-order valence-corrected chi connectivity index (χ2v) is 5.19. The number of hydrogen-bond acceptors (Lipinski definition) is 4. The van der Waals surface area contributed by atoms with Crippen LogP contribution < -0.4 is 11.1 Å². The lowest BCUT2D eigenvalue weighted by atomic mass is 10.2. The summed E-state index contributed by atoms with van der Waals surface area (Å²) in [6.07, 6.45) is 0. The van der Waals surface area contributed by atoms with Gasteiger partial charge in [-0.1, -0.05) is 6.92 Å². The third kappa shape index (κ3) is 5.39. The Hall–Kier alpha value is -0.260. The Morgan fingerprint density at radius 1 is 1.53 bits per heavy atom. The van der Waals surface area contributed by atoms with Gasteiger partial charge in [0.2, 0.25) is 5.91 Å². The highest BCUT2D eigenvalue weighted by Crippen LogP contribution is 2.07. The Morgan fingerprint density at radius 2 is 2.20 bits per heavy atom. The van der Waals surface area contributed by atoms with E-state index in [1.807, 2.05) is 18.7 Å². The summed E-state index contributed by atoms with van der Waals surface area (Å²) in [5.74, 6) is 2.20. The summed E-state index contributed by atoms with van der Waals surface area (Å²) in [4.78, 5) is 13.2. The summed E-state index contributed by atoms with van der Waals surface area (Å²) < 4.78 is 0. The van der Waals surface area contributed by atoms with Gasteiger partial charge in [-0.25, -0.2) is 0 Å². The summed E-state index contributed by atoms with van der Waals surface area (Å²) in [6, 6.07) is 0. The zero-order valence-electron chi connectivity index (χ0n) is 9.37. The first kappa shape index (κ1) is 12.8. The molecule has 0 aliphatic carbocycles. The van der Waals surface area contributed by atoms with Crippen molar-refractivity contribution in [1.82, 2.24) is 10.2 Å². The second kappa shape index (κ2) is 7.09. The Morgan fingerprint density at radius 3 is 2.80 bits per heavy atom. The van der Waals surface area contributed by atoms with Crippen LogP contribution in [0.1, 0.15) is 6.92 Å². The Kier molecular flexibility index (Phi) is 6.05. The summed E-state index contributed by atoms with van der Waals surface area (Å²) in [5.41, 5.74) is 5.17. The van der Waals surface area contributed by atoms with Crippen molar-refractivity contribution >= 4 is 17.7 Å². The predicted octanol–water partition coefficient (Wildman–Crippen LogP) is -0.254. The fourth-order valence-electron chi connectivity index (χ4n) is 1.48. The number of carbonyl (C=O) groups excluding carboxylic acids is 1. The molecule has 1 atom stereocenters. The maximum absolute atomic E-state index is 10.8. The molecule has 1 amide bonds. The predicted molar refractivity (Wildman–Crippen MR) is 65.0 cm³/mol. The van der Waals surface area contributed by atoms with Crippen molar-refractivity contribution < 1.29 is 4.79 Å². The molecule has 4 nitrogen and oxygen atoms in total. The van der Waals surface area contributed by atoms with E-state index in [4.69, 9.17) is 5.73 Å². The topological polar surface area (TPSA) is 58.4 Å². The molecule has 1 aliphatic rings.